The molecule has 12 heavy (non-hydrogen) atoms. The highest BCUT2D eigenvalue weighted by Gasteiger charge is 2.59. The molecule has 0 nitrogen and oxygen atoms in total. The van der Waals surface area contributed by atoms with E-state index in [4.69, 9.17) is 11.6 Å². The van der Waals surface area contributed by atoms with Gasteiger partial charge in [-0.25, -0.2) is 0 Å². The number of hydrogen-bond donors (Lipinski definition) is 0. The largest absolute Gasteiger partial charge is 0.126 e. The number of halogens is 1. The van der Waals surface area contributed by atoms with Crippen molar-refractivity contribution in [1.82, 2.24) is 0 Å². The first kappa shape index (κ1) is 10.4. The van der Waals surface area contributed by atoms with Crippen LogP contribution in [-0.4, -0.2) is 5.88 Å². The molecule has 0 aromatic carbocycles. The van der Waals surface area contributed by atoms with Crippen molar-refractivity contribution in [3.63, 3.8) is 0 Å². The molecule has 0 radical (unpaired) electrons. The zero-order valence-corrected chi connectivity index (χ0v) is 9.38. The molecule has 0 spiro atoms. The minimum Gasteiger partial charge on any atom is -0.126 e. The lowest BCUT2D eigenvalue weighted by Gasteiger charge is -2.16. The molecule has 0 aromatic rings. The lowest BCUT2D eigenvalue weighted by molar-refractivity contribution is 0.379. The third kappa shape index (κ3) is 1.79. The Morgan fingerprint density at radius 1 is 1.25 bits per heavy atom. The van der Waals surface area contributed by atoms with E-state index in [-0.39, 0.29) is 0 Å². The van der Waals surface area contributed by atoms with Gasteiger partial charge in [0.25, 0.3) is 0 Å². The second-order valence-electron chi connectivity index (χ2n) is 4.93. The fraction of sp³-hybridized carbons (Fsp3) is 1.00. The topological polar surface area (TPSA) is 0 Å². The Morgan fingerprint density at radius 3 is 2.17 bits per heavy atom. The Hall–Kier alpha value is 0.290. The molecule has 1 unspecified atom stereocenters. The lowest BCUT2D eigenvalue weighted by atomic mass is 9.92. The molecule has 0 amide bonds. The Bertz CT molecular complexity index is 151. The number of rotatable bonds is 5. The highest BCUT2D eigenvalue weighted by Crippen LogP contribution is 2.66. The summed E-state index contributed by atoms with van der Waals surface area (Å²) >= 11 is 6.02. The van der Waals surface area contributed by atoms with Gasteiger partial charge in [-0.05, 0) is 23.7 Å². The summed E-state index contributed by atoms with van der Waals surface area (Å²) in [5, 5.41) is 0. The molecule has 72 valence electrons. The van der Waals surface area contributed by atoms with Crippen LogP contribution in [-0.2, 0) is 0 Å². The maximum Gasteiger partial charge on any atom is 0.0285 e. The Kier molecular flexibility index (Phi) is 3.09. The van der Waals surface area contributed by atoms with Gasteiger partial charge in [0.05, 0.1) is 0 Å². The Balaban J connectivity index is 2.30. The van der Waals surface area contributed by atoms with Gasteiger partial charge in [0.15, 0.2) is 0 Å². The Morgan fingerprint density at radius 2 is 1.83 bits per heavy atom. The van der Waals surface area contributed by atoms with Crippen molar-refractivity contribution in [2.45, 2.75) is 52.9 Å². The van der Waals surface area contributed by atoms with Gasteiger partial charge < -0.3 is 0 Å². The van der Waals surface area contributed by atoms with Crippen molar-refractivity contribution in [1.29, 1.82) is 0 Å². The quantitative estimate of drug-likeness (QED) is 0.448. The maximum atomic E-state index is 6.02. The van der Waals surface area contributed by atoms with E-state index in [2.05, 4.69) is 20.8 Å². The third-order valence-electron chi connectivity index (χ3n) is 3.61. The Labute approximate surface area is 81.7 Å². The molecule has 1 saturated carbocycles. The summed E-state index contributed by atoms with van der Waals surface area (Å²) in [6.45, 7) is 6.95. The van der Waals surface area contributed by atoms with Crippen LogP contribution in [0.4, 0.5) is 0 Å². The van der Waals surface area contributed by atoms with Gasteiger partial charge in [0.2, 0.25) is 0 Å². The average Bonchev–Trinajstić information content (AvgIpc) is 2.55. The van der Waals surface area contributed by atoms with E-state index in [9.17, 15) is 0 Å². The van der Waals surface area contributed by atoms with Crippen LogP contribution in [0.15, 0.2) is 0 Å². The molecule has 0 saturated heterocycles. The van der Waals surface area contributed by atoms with Crippen molar-refractivity contribution >= 4 is 11.6 Å². The van der Waals surface area contributed by atoms with Gasteiger partial charge in [-0.2, -0.15) is 0 Å². The monoisotopic (exact) mass is 188 g/mol. The van der Waals surface area contributed by atoms with E-state index in [1.54, 1.807) is 0 Å². The van der Waals surface area contributed by atoms with Crippen LogP contribution in [0.3, 0.4) is 0 Å². The number of alkyl halides is 1. The van der Waals surface area contributed by atoms with Gasteiger partial charge >= 0.3 is 0 Å². The fourth-order valence-corrected chi connectivity index (χ4v) is 2.83. The second kappa shape index (κ2) is 3.57. The number of hydrogen-bond acceptors (Lipinski definition) is 0. The summed E-state index contributed by atoms with van der Waals surface area (Å²) in [6.07, 6.45) is 6.74. The first-order valence-electron chi connectivity index (χ1n) is 5.14. The predicted molar refractivity (Wildman–Crippen MR) is 55.7 cm³/mol. The summed E-state index contributed by atoms with van der Waals surface area (Å²) in [6, 6.07) is 0. The zero-order valence-electron chi connectivity index (χ0n) is 8.62. The number of unbranched alkanes of at least 4 members (excludes halogenated alkanes) is 2. The standard InChI is InChI=1S/C11H21Cl/c1-4-5-6-7-11(9-12)8-10(11,2)3/h4-9H2,1-3H3. The SMILES string of the molecule is CCCCCC1(CCl)CC1(C)C. The lowest BCUT2D eigenvalue weighted by Crippen LogP contribution is -2.10. The van der Waals surface area contributed by atoms with Crippen LogP contribution < -0.4 is 0 Å². The van der Waals surface area contributed by atoms with Gasteiger partial charge in [0, 0.05) is 5.88 Å². The van der Waals surface area contributed by atoms with Crippen LogP contribution in [0.5, 0.6) is 0 Å². The normalized spacial score (nSPS) is 32.0. The summed E-state index contributed by atoms with van der Waals surface area (Å²) in [4.78, 5) is 0. The van der Waals surface area contributed by atoms with Gasteiger partial charge in [-0.1, -0.05) is 40.0 Å². The molecule has 0 aliphatic heterocycles. The smallest absolute Gasteiger partial charge is 0.0285 e. The molecule has 1 aliphatic carbocycles. The molecule has 0 heterocycles. The molecule has 1 heteroatoms. The third-order valence-corrected chi connectivity index (χ3v) is 4.12. The summed E-state index contributed by atoms with van der Waals surface area (Å²) in [5.41, 5.74) is 1.03. The first-order chi connectivity index (χ1) is 5.58. The van der Waals surface area contributed by atoms with Gasteiger partial charge in [-0.3, -0.25) is 0 Å². The van der Waals surface area contributed by atoms with E-state index in [0.717, 1.165) is 5.88 Å². The summed E-state index contributed by atoms with van der Waals surface area (Å²) in [7, 11) is 0. The van der Waals surface area contributed by atoms with E-state index >= 15 is 0 Å². The van der Waals surface area contributed by atoms with Crippen molar-refractivity contribution in [2.24, 2.45) is 10.8 Å². The average molecular weight is 189 g/mol. The molecular formula is C11H21Cl. The van der Waals surface area contributed by atoms with Crippen molar-refractivity contribution in [3.8, 4) is 0 Å². The first-order valence-corrected chi connectivity index (χ1v) is 5.67. The van der Waals surface area contributed by atoms with Gasteiger partial charge in [0.1, 0.15) is 0 Å². The predicted octanol–water partition coefficient (Wildman–Crippen LogP) is 4.22. The van der Waals surface area contributed by atoms with Gasteiger partial charge in [-0.15, -0.1) is 11.6 Å². The van der Waals surface area contributed by atoms with Crippen molar-refractivity contribution in [3.05, 3.63) is 0 Å². The van der Waals surface area contributed by atoms with Crippen LogP contribution in [0.1, 0.15) is 52.9 Å². The molecule has 1 fully saturated rings. The van der Waals surface area contributed by atoms with Crippen LogP contribution in [0, 0.1) is 10.8 Å². The molecule has 0 bridgehead atoms. The van der Waals surface area contributed by atoms with E-state index in [0.29, 0.717) is 10.8 Å². The van der Waals surface area contributed by atoms with E-state index < -0.39 is 0 Å². The fourth-order valence-electron chi connectivity index (χ4n) is 2.24. The minimum atomic E-state index is 0.504. The van der Waals surface area contributed by atoms with Crippen LogP contribution >= 0.6 is 11.6 Å². The van der Waals surface area contributed by atoms with Crippen molar-refractivity contribution < 1.29 is 0 Å². The summed E-state index contributed by atoms with van der Waals surface area (Å²) < 4.78 is 0. The molecule has 1 atom stereocenters. The molecular weight excluding hydrogens is 168 g/mol. The maximum absolute atomic E-state index is 6.02. The van der Waals surface area contributed by atoms with Crippen LogP contribution in [0.2, 0.25) is 0 Å². The zero-order chi connectivity index (χ0) is 9.24. The van der Waals surface area contributed by atoms with Crippen LogP contribution in [0.25, 0.3) is 0 Å². The van der Waals surface area contributed by atoms with Crippen molar-refractivity contribution in [2.75, 3.05) is 5.88 Å². The second-order valence-corrected chi connectivity index (χ2v) is 5.20. The minimum absolute atomic E-state index is 0.504. The highest BCUT2D eigenvalue weighted by molar-refractivity contribution is 6.18. The molecule has 1 rings (SSSR count). The molecule has 0 N–H and O–H groups in total. The highest BCUT2D eigenvalue weighted by atomic mass is 35.5. The molecule has 1 aliphatic rings. The summed E-state index contributed by atoms with van der Waals surface area (Å²) in [5.74, 6) is 0.865. The van der Waals surface area contributed by atoms with E-state index in [1.807, 2.05) is 0 Å². The molecule has 0 aromatic heterocycles. The van der Waals surface area contributed by atoms with E-state index in [1.165, 1.54) is 32.1 Å².